The van der Waals surface area contributed by atoms with E-state index in [0.29, 0.717) is 33.9 Å². The topological polar surface area (TPSA) is 80.4 Å². The zero-order valence-corrected chi connectivity index (χ0v) is 44.3. The number of aromatic nitrogens is 4. The molecular formula is C76H42N6O. The molecule has 382 valence electrons. The number of benzene rings is 13. The Kier molecular flexibility index (Phi) is 9.23. The van der Waals surface area contributed by atoms with Gasteiger partial charge in [-0.2, -0.15) is 10.5 Å². The Hall–Kier alpha value is -11.6. The summed E-state index contributed by atoms with van der Waals surface area (Å²) in [5.74, 6) is 0. The van der Waals surface area contributed by atoms with Crippen LogP contribution in [0.2, 0.25) is 0 Å². The summed E-state index contributed by atoms with van der Waals surface area (Å²) < 4.78 is 16.1. The first kappa shape index (κ1) is 45.2. The van der Waals surface area contributed by atoms with Gasteiger partial charge in [0.15, 0.2) is 0 Å². The number of fused-ring (bicyclic) bond motifs is 19. The highest BCUT2D eigenvalue weighted by Gasteiger charge is 2.35. The van der Waals surface area contributed by atoms with Crippen LogP contribution in [0.4, 0.5) is 0 Å². The van der Waals surface area contributed by atoms with Crippen molar-refractivity contribution >= 4 is 131 Å². The van der Waals surface area contributed by atoms with Gasteiger partial charge in [-0.15, -0.1) is 0 Å². The molecule has 5 aromatic heterocycles. The molecule has 0 saturated heterocycles. The quantitative estimate of drug-likeness (QED) is 0.161. The van der Waals surface area contributed by atoms with Gasteiger partial charge in [0, 0.05) is 48.5 Å². The van der Waals surface area contributed by atoms with Gasteiger partial charge in [-0.1, -0.05) is 194 Å². The molecule has 0 atom stereocenters. The Morgan fingerprint density at radius 1 is 0.253 bits per heavy atom. The molecule has 0 radical (unpaired) electrons. The molecule has 0 amide bonds. The SMILES string of the molecule is N#Cc1c(-n2c3ccccc3c3ccccc32)c(C#N)c(-n2c3ccccc3c3ccccc32)c(-n2c3cccc(-c4cccc5c4ccc4ccccc45)c3c3ccc4oc5ccccc5c4c32)c1-n1c2ccccc2c2ccccc21. The first-order valence-corrected chi connectivity index (χ1v) is 28.0. The summed E-state index contributed by atoms with van der Waals surface area (Å²) >= 11 is 0. The number of rotatable bonds is 5. The molecule has 13 aromatic carbocycles. The fraction of sp³-hybridized carbons (Fsp3) is 0. The van der Waals surface area contributed by atoms with Gasteiger partial charge in [-0.25, -0.2) is 0 Å². The Labute approximate surface area is 473 Å². The smallest absolute Gasteiger partial charge is 0.137 e. The zero-order valence-electron chi connectivity index (χ0n) is 44.3. The van der Waals surface area contributed by atoms with Crippen molar-refractivity contribution < 1.29 is 4.42 Å². The highest BCUT2D eigenvalue weighted by atomic mass is 16.3. The van der Waals surface area contributed by atoms with Crippen molar-refractivity contribution in [2.24, 2.45) is 0 Å². The van der Waals surface area contributed by atoms with E-state index in [1.165, 1.54) is 16.2 Å². The van der Waals surface area contributed by atoms with Crippen LogP contribution in [0, 0.1) is 22.7 Å². The van der Waals surface area contributed by atoms with Crippen LogP contribution < -0.4 is 0 Å². The van der Waals surface area contributed by atoms with Crippen LogP contribution in [0.5, 0.6) is 0 Å². The second kappa shape index (κ2) is 16.9. The summed E-state index contributed by atoms with van der Waals surface area (Å²) in [7, 11) is 0. The lowest BCUT2D eigenvalue weighted by Gasteiger charge is -2.27. The molecule has 0 unspecified atom stereocenters. The third-order valence-electron chi connectivity index (χ3n) is 17.6. The van der Waals surface area contributed by atoms with Crippen LogP contribution in [-0.2, 0) is 0 Å². The summed E-state index contributed by atoms with van der Waals surface area (Å²) in [6.45, 7) is 0. The summed E-state index contributed by atoms with van der Waals surface area (Å²) in [6, 6.07) is 95.5. The molecule has 0 aliphatic rings. The maximum Gasteiger partial charge on any atom is 0.137 e. The minimum atomic E-state index is 0.343. The molecule has 0 saturated carbocycles. The summed E-state index contributed by atoms with van der Waals surface area (Å²) in [4.78, 5) is 0. The van der Waals surface area contributed by atoms with Crippen LogP contribution >= 0.6 is 0 Å². The van der Waals surface area contributed by atoms with Crippen molar-refractivity contribution in [3.8, 4) is 46.0 Å². The largest absolute Gasteiger partial charge is 0.456 e. The van der Waals surface area contributed by atoms with E-state index in [-0.39, 0.29) is 0 Å². The molecule has 7 heteroatoms. The van der Waals surface area contributed by atoms with Crippen LogP contribution in [0.3, 0.4) is 0 Å². The fourth-order valence-electron chi connectivity index (χ4n) is 14.4. The summed E-state index contributed by atoms with van der Waals surface area (Å²) in [6.07, 6.45) is 0. The summed E-state index contributed by atoms with van der Waals surface area (Å²) in [5, 5.41) is 40.3. The zero-order chi connectivity index (χ0) is 54.6. The van der Waals surface area contributed by atoms with Gasteiger partial charge >= 0.3 is 0 Å². The molecule has 0 spiro atoms. The predicted octanol–water partition coefficient (Wildman–Crippen LogP) is 19.7. The van der Waals surface area contributed by atoms with E-state index in [0.717, 1.165) is 126 Å². The molecule has 5 heterocycles. The van der Waals surface area contributed by atoms with Crippen molar-refractivity contribution in [3.05, 3.63) is 266 Å². The average molecular weight is 1060 g/mol. The van der Waals surface area contributed by atoms with E-state index in [1.807, 2.05) is 24.3 Å². The number of nitriles is 2. The Balaban J connectivity index is 1.16. The van der Waals surface area contributed by atoms with Crippen molar-refractivity contribution in [2.75, 3.05) is 0 Å². The van der Waals surface area contributed by atoms with Crippen molar-refractivity contribution in [1.82, 2.24) is 18.3 Å². The first-order valence-electron chi connectivity index (χ1n) is 28.0. The van der Waals surface area contributed by atoms with E-state index >= 15 is 0 Å². The second-order valence-electron chi connectivity index (χ2n) is 21.6. The first-order chi connectivity index (χ1) is 41.2. The minimum absolute atomic E-state index is 0.343. The van der Waals surface area contributed by atoms with Crippen LogP contribution in [-0.4, -0.2) is 18.3 Å². The highest BCUT2D eigenvalue weighted by molar-refractivity contribution is 6.29. The lowest BCUT2D eigenvalue weighted by atomic mass is 9.92. The molecule has 7 nitrogen and oxygen atoms in total. The van der Waals surface area contributed by atoms with Gasteiger partial charge in [0.25, 0.3) is 0 Å². The van der Waals surface area contributed by atoms with Crippen molar-refractivity contribution in [2.45, 2.75) is 0 Å². The Morgan fingerprint density at radius 3 is 1.19 bits per heavy atom. The van der Waals surface area contributed by atoms with E-state index in [4.69, 9.17) is 4.42 Å². The fourth-order valence-corrected chi connectivity index (χ4v) is 14.4. The lowest BCUT2D eigenvalue weighted by molar-refractivity contribution is 0.669. The van der Waals surface area contributed by atoms with E-state index < -0.39 is 0 Å². The monoisotopic (exact) mass is 1050 g/mol. The van der Waals surface area contributed by atoms with E-state index in [2.05, 4.69) is 261 Å². The van der Waals surface area contributed by atoms with Crippen LogP contribution in [0.15, 0.2) is 259 Å². The number of hydrogen-bond donors (Lipinski definition) is 0. The van der Waals surface area contributed by atoms with Gasteiger partial charge < -0.3 is 22.7 Å². The highest BCUT2D eigenvalue weighted by Crippen LogP contribution is 2.52. The molecule has 18 rings (SSSR count). The third kappa shape index (κ3) is 5.99. The Morgan fingerprint density at radius 2 is 0.663 bits per heavy atom. The van der Waals surface area contributed by atoms with Gasteiger partial charge in [0.2, 0.25) is 0 Å². The molecule has 83 heavy (non-hydrogen) atoms. The van der Waals surface area contributed by atoms with Crippen LogP contribution in [0.25, 0.3) is 165 Å². The molecule has 18 aromatic rings. The number of hydrogen-bond acceptors (Lipinski definition) is 3. The molecule has 0 N–H and O–H groups in total. The van der Waals surface area contributed by atoms with Gasteiger partial charge in [-0.3, -0.25) is 0 Å². The molecule has 0 bridgehead atoms. The number of nitrogens with zero attached hydrogens (tertiary/aromatic N) is 6. The van der Waals surface area contributed by atoms with E-state index in [9.17, 15) is 10.5 Å². The predicted molar refractivity (Wildman–Crippen MR) is 341 cm³/mol. The Bertz CT molecular complexity index is 5670. The molecule has 0 aliphatic carbocycles. The van der Waals surface area contributed by atoms with Crippen molar-refractivity contribution in [3.63, 3.8) is 0 Å². The van der Waals surface area contributed by atoms with Crippen molar-refractivity contribution in [1.29, 1.82) is 10.5 Å². The summed E-state index contributed by atoms with van der Waals surface area (Å²) in [5.41, 5.74) is 14.0. The molecular weight excluding hydrogens is 1010 g/mol. The van der Waals surface area contributed by atoms with Gasteiger partial charge in [0.05, 0.1) is 72.3 Å². The standard InChI is InChI=1S/C76H42N6O/c77-43-59-72(79-61-31-10-3-21-50(61)51-22-4-11-32-62(51)79)60(44-78)75(81-65-35-14-7-25-54(65)55-26-8-15-36-66(55)81)76(74(59)80-63-33-12-5-23-52(63)53-24-6-13-34-64(53)80)82-67-37-18-30-56(48-29-17-28-47-46-20-2-1-19-45(46)39-40-49(47)48)70(67)58-41-42-69-71(73(58)82)57-27-9-16-38-68(57)83-69/h1-42H. The molecule has 0 aliphatic heterocycles. The van der Waals surface area contributed by atoms with Gasteiger partial charge in [-0.05, 0) is 93.3 Å². The van der Waals surface area contributed by atoms with E-state index in [1.54, 1.807) is 0 Å². The third-order valence-corrected chi connectivity index (χ3v) is 17.6. The molecule has 0 fully saturated rings. The second-order valence-corrected chi connectivity index (χ2v) is 21.6. The number of para-hydroxylation sites is 7. The van der Waals surface area contributed by atoms with Crippen LogP contribution in [0.1, 0.15) is 11.1 Å². The average Bonchev–Trinajstić information content (AvgIpc) is 1.77. The maximum absolute atomic E-state index is 12.8. The van der Waals surface area contributed by atoms with Gasteiger partial charge in [0.1, 0.15) is 34.4 Å². The maximum atomic E-state index is 12.8. The minimum Gasteiger partial charge on any atom is -0.456 e. The number of furan rings is 1. The lowest BCUT2D eigenvalue weighted by Crippen LogP contribution is -2.17. The normalized spacial score (nSPS) is 12.1.